The van der Waals surface area contributed by atoms with Gasteiger partial charge in [0.1, 0.15) is 0 Å². The highest BCUT2D eigenvalue weighted by atomic mass is 16.3. The van der Waals surface area contributed by atoms with Crippen LogP contribution in [0, 0.1) is 17.8 Å². The molecule has 0 aromatic heterocycles. The van der Waals surface area contributed by atoms with Crippen LogP contribution < -0.4 is 5.32 Å². The largest absolute Gasteiger partial charge is 0.392 e. The Hall–Kier alpha value is -0.120. The van der Waals surface area contributed by atoms with E-state index in [9.17, 15) is 5.11 Å². The molecule has 2 unspecified atom stereocenters. The van der Waals surface area contributed by atoms with Crippen molar-refractivity contribution in [2.24, 2.45) is 17.8 Å². The van der Waals surface area contributed by atoms with E-state index < -0.39 is 0 Å². The minimum absolute atomic E-state index is 0.0559. The molecule has 3 nitrogen and oxygen atoms in total. The molecular weight excluding hydrogens is 176 g/mol. The molecular formula is C11H22N2O. The first-order valence-corrected chi connectivity index (χ1v) is 5.78. The molecule has 0 amide bonds. The van der Waals surface area contributed by atoms with Gasteiger partial charge in [-0.25, -0.2) is 0 Å². The maximum atomic E-state index is 9.97. The molecule has 2 aliphatic rings. The Kier molecular flexibility index (Phi) is 3.10. The Morgan fingerprint density at radius 3 is 2.36 bits per heavy atom. The molecule has 0 saturated carbocycles. The minimum Gasteiger partial charge on any atom is -0.392 e. The number of likely N-dealkylation sites (tertiary alicyclic amines) is 1. The van der Waals surface area contributed by atoms with Crippen molar-refractivity contribution in [2.75, 3.05) is 32.7 Å². The standard InChI is InChI=1S/C11H22N2O/c1-8(2)5-13-6-9-3-12-4-10(7-13)11(9)14/h8-12,14H,3-7H2,1-2H3. The topological polar surface area (TPSA) is 35.5 Å². The number of rotatable bonds is 2. The number of aliphatic hydroxyl groups is 1. The maximum absolute atomic E-state index is 9.97. The van der Waals surface area contributed by atoms with E-state index in [1.807, 2.05) is 0 Å². The van der Waals surface area contributed by atoms with Crippen molar-refractivity contribution in [2.45, 2.75) is 20.0 Å². The Morgan fingerprint density at radius 2 is 1.86 bits per heavy atom. The molecule has 2 bridgehead atoms. The van der Waals surface area contributed by atoms with E-state index in [-0.39, 0.29) is 6.10 Å². The van der Waals surface area contributed by atoms with Crippen LogP contribution in [0.4, 0.5) is 0 Å². The van der Waals surface area contributed by atoms with E-state index in [1.165, 1.54) is 6.54 Å². The Morgan fingerprint density at radius 1 is 1.29 bits per heavy atom. The van der Waals surface area contributed by atoms with Crippen molar-refractivity contribution in [1.82, 2.24) is 10.2 Å². The summed E-state index contributed by atoms with van der Waals surface area (Å²) in [6, 6.07) is 0. The maximum Gasteiger partial charge on any atom is 0.0645 e. The molecule has 0 spiro atoms. The van der Waals surface area contributed by atoms with E-state index in [4.69, 9.17) is 0 Å². The van der Waals surface area contributed by atoms with E-state index in [0.29, 0.717) is 11.8 Å². The molecule has 0 radical (unpaired) electrons. The van der Waals surface area contributed by atoms with Crippen molar-refractivity contribution >= 4 is 0 Å². The number of nitrogens with zero attached hydrogens (tertiary/aromatic N) is 1. The second-order valence-corrected chi connectivity index (χ2v) is 5.28. The molecule has 2 rings (SSSR count). The van der Waals surface area contributed by atoms with Crippen LogP contribution in [0.5, 0.6) is 0 Å². The van der Waals surface area contributed by atoms with Gasteiger partial charge in [0, 0.05) is 44.6 Å². The van der Waals surface area contributed by atoms with Crippen molar-refractivity contribution in [1.29, 1.82) is 0 Å². The van der Waals surface area contributed by atoms with Gasteiger partial charge in [0.2, 0.25) is 0 Å². The second-order valence-electron chi connectivity index (χ2n) is 5.28. The monoisotopic (exact) mass is 198 g/mol. The second kappa shape index (κ2) is 4.17. The van der Waals surface area contributed by atoms with Crippen LogP contribution in [0.15, 0.2) is 0 Å². The van der Waals surface area contributed by atoms with Crippen molar-refractivity contribution in [3.05, 3.63) is 0 Å². The first-order chi connectivity index (χ1) is 6.66. The Bertz CT molecular complexity index is 182. The molecule has 2 N–H and O–H groups in total. The van der Waals surface area contributed by atoms with Crippen LogP contribution >= 0.6 is 0 Å². The number of piperidine rings is 2. The zero-order valence-corrected chi connectivity index (χ0v) is 9.24. The van der Waals surface area contributed by atoms with Crippen LogP contribution in [-0.2, 0) is 0 Å². The highest BCUT2D eigenvalue weighted by molar-refractivity contribution is 4.92. The lowest BCUT2D eigenvalue weighted by Gasteiger charge is -2.45. The lowest BCUT2D eigenvalue weighted by molar-refractivity contribution is -0.0425. The zero-order valence-electron chi connectivity index (χ0n) is 9.24. The van der Waals surface area contributed by atoms with Gasteiger partial charge in [0.25, 0.3) is 0 Å². The Balaban J connectivity index is 1.93. The summed E-state index contributed by atoms with van der Waals surface area (Å²) in [5.41, 5.74) is 0. The quantitative estimate of drug-likeness (QED) is 0.663. The lowest BCUT2D eigenvalue weighted by Crippen LogP contribution is -2.59. The molecule has 0 aromatic rings. The third kappa shape index (κ3) is 2.10. The van der Waals surface area contributed by atoms with Gasteiger partial charge >= 0.3 is 0 Å². The van der Waals surface area contributed by atoms with E-state index in [1.54, 1.807) is 0 Å². The first-order valence-electron chi connectivity index (χ1n) is 5.78. The van der Waals surface area contributed by atoms with Crippen molar-refractivity contribution < 1.29 is 5.11 Å². The number of aliphatic hydroxyl groups excluding tert-OH is 1. The SMILES string of the molecule is CC(C)CN1CC2CNCC(C1)C2O. The fraction of sp³-hybridized carbons (Fsp3) is 1.00. The smallest absolute Gasteiger partial charge is 0.0645 e. The van der Waals surface area contributed by atoms with Crippen LogP contribution in [0.2, 0.25) is 0 Å². The van der Waals surface area contributed by atoms with E-state index in [0.717, 1.165) is 32.1 Å². The summed E-state index contributed by atoms with van der Waals surface area (Å²) in [5.74, 6) is 1.65. The summed E-state index contributed by atoms with van der Waals surface area (Å²) in [6.07, 6.45) is -0.0559. The van der Waals surface area contributed by atoms with Crippen LogP contribution in [0.3, 0.4) is 0 Å². The van der Waals surface area contributed by atoms with Gasteiger partial charge in [-0.05, 0) is 5.92 Å². The molecule has 3 heteroatoms. The summed E-state index contributed by atoms with van der Waals surface area (Å²) < 4.78 is 0. The first kappa shape index (κ1) is 10.4. The number of fused-ring (bicyclic) bond motifs is 2. The lowest BCUT2D eigenvalue weighted by atomic mass is 9.82. The third-order valence-electron chi connectivity index (χ3n) is 3.39. The highest BCUT2D eigenvalue weighted by Gasteiger charge is 2.38. The normalized spacial score (nSPS) is 39.0. The van der Waals surface area contributed by atoms with Crippen LogP contribution in [-0.4, -0.2) is 48.8 Å². The van der Waals surface area contributed by atoms with Crippen molar-refractivity contribution in [3.63, 3.8) is 0 Å². The molecule has 0 aromatic carbocycles. The molecule has 82 valence electrons. The van der Waals surface area contributed by atoms with E-state index in [2.05, 4.69) is 24.1 Å². The van der Waals surface area contributed by atoms with Gasteiger partial charge in [-0.1, -0.05) is 13.8 Å². The molecule has 2 atom stereocenters. The summed E-state index contributed by atoms with van der Waals surface area (Å²) in [5, 5.41) is 13.4. The highest BCUT2D eigenvalue weighted by Crippen LogP contribution is 2.25. The molecule has 2 fully saturated rings. The molecule has 0 aliphatic carbocycles. The van der Waals surface area contributed by atoms with Gasteiger partial charge in [0.15, 0.2) is 0 Å². The fourth-order valence-corrected chi connectivity index (χ4v) is 2.83. The van der Waals surface area contributed by atoms with Gasteiger partial charge < -0.3 is 15.3 Å². The fourth-order valence-electron chi connectivity index (χ4n) is 2.83. The van der Waals surface area contributed by atoms with Crippen LogP contribution in [0.25, 0.3) is 0 Å². The predicted octanol–water partition coefficient (Wildman–Crippen LogP) is 0.154. The van der Waals surface area contributed by atoms with E-state index >= 15 is 0 Å². The summed E-state index contributed by atoms with van der Waals surface area (Å²) >= 11 is 0. The predicted molar refractivity (Wildman–Crippen MR) is 57.1 cm³/mol. The van der Waals surface area contributed by atoms with Gasteiger partial charge in [0.05, 0.1) is 6.10 Å². The van der Waals surface area contributed by atoms with Crippen LogP contribution in [0.1, 0.15) is 13.8 Å². The Labute approximate surface area is 86.5 Å². The number of hydrogen-bond acceptors (Lipinski definition) is 3. The molecule has 2 saturated heterocycles. The third-order valence-corrected chi connectivity index (χ3v) is 3.39. The van der Waals surface area contributed by atoms with Gasteiger partial charge in [-0.15, -0.1) is 0 Å². The number of hydrogen-bond donors (Lipinski definition) is 2. The minimum atomic E-state index is -0.0559. The molecule has 2 heterocycles. The average Bonchev–Trinajstić information content (AvgIpc) is 2.05. The number of nitrogens with one attached hydrogen (secondary N) is 1. The average molecular weight is 198 g/mol. The van der Waals surface area contributed by atoms with Gasteiger partial charge in [-0.2, -0.15) is 0 Å². The molecule has 2 aliphatic heterocycles. The van der Waals surface area contributed by atoms with Crippen molar-refractivity contribution in [3.8, 4) is 0 Å². The van der Waals surface area contributed by atoms with Gasteiger partial charge in [-0.3, -0.25) is 0 Å². The summed E-state index contributed by atoms with van der Waals surface area (Å²) in [7, 11) is 0. The molecule has 14 heavy (non-hydrogen) atoms. The zero-order chi connectivity index (χ0) is 10.1. The summed E-state index contributed by atoms with van der Waals surface area (Å²) in [6.45, 7) is 9.84. The summed E-state index contributed by atoms with van der Waals surface area (Å²) in [4.78, 5) is 2.52.